The van der Waals surface area contributed by atoms with Gasteiger partial charge in [0.15, 0.2) is 0 Å². The first-order valence-corrected chi connectivity index (χ1v) is 8.18. The minimum absolute atomic E-state index is 0.475. The largest absolute Gasteiger partial charge is 0.314 e. The van der Waals surface area contributed by atoms with Crippen LogP contribution in [0.4, 0.5) is 0 Å². The normalized spacial score (nSPS) is 28.6. The monoisotopic (exact) mass is 265 g/mol. The van der Waals surface area contributed by atoms with Gasteiger partial charge in [-0.05, 0) is 61.8 Å². The van der Waals surface area contributed by atoms with Gasteiger partial charge in [-0.15, -0.1) is 6.58 Å². The highest BCUT2D eigenvalue weighted by molar-refractivity contribution is 4.87. The van der Waals surface area contributed by atoms with E-state index in [4.69, 9.17) is 0 Å². The lowest BCUT2D eigenvalue weighted by molar-refractivity contribution is 0.0921. The molecule has 1 aliphatic rings. The van der Waals surface area contributed by atoms with E-state index in [-0.39, 0.29) is 0 Å². The molecule has 3 atom stereocenters. The highest BCUT2D eigenvalue weighted by atomic mass is 14.9. The van der Waals surface area contributed by atoms with E-state index in [1.54, 1.807) is 0 Å². The van der Waals surface area contributed by atoms with Gasteiger partial charge in [0.2, 0.25) is 0 Å². The molecule has 1 saturated carbocycles. The summed E-state index contributed by atoms with van der Waals surface area (Å²) >= 11 is 0. The first-order chi connectivity index (χ1) is 8.84. The van der Waals surface area contributed by atoms with Gasteiger partial charge in [-0.2, -0.15) is 0 Å². The van der Waals surface area contributed by atoms with Gasteiger partial charge in [-0.25, -0.2) is 0 Å². The van der Waals surface area contributed by atoms with Crippen LogP contribution in [0.15, 0.2) is 12.7 Å². The second kappa shape index (κ2) is 7.47. The highest BCUT2D eigenvalue weighted by Crippen LogP contribution is 2.44. The summed E-state index contributed by atoms with van der Waals surface area (Å²) in [4.78, 5) is 0. The molecule has 1 fully saturated rings. The van der Waals surface area contributed by atoms with E-state index < -0.39 is 0 Å². The molecule has 3 unspecified atom stereocenters. The van der Waals surface area contributed by atoms with Crippen molar-refractivity contribution in [3.63, 3.8) is 0 Å². The van der Waals surface area contributed by atoms with Gasteiger partial charge in [0.05, 0.1) is 0 Å². The molecule has 0 radical (unpaired) electrons. The second-order valence-electron chi connectivity index (χ2n) is 7.83. The number of hydrogen-bond acceptors (Lipinski definition) is 1. The van der Waals surface area contributed by atoms with Gasteiger partial charge in [0.25, 0.3) is 0 Å². The van der Waals surface area contributed by atoms with Crippen LogP contribution in [0.5, 0.6) is 0 Å². The van der Waals surface area contributed by atoms with Crippen LogP contribution in [-0.2, 0) is 0 Å². The Kier molecular flexibility index (Phi) is 6.59. The topological polar surface area (TPSA) is 12.0 Å². The number of rotatable bonds is 6. The SMILES string of the molecule is C=CCCC1CC(C(C)(C)C)CCC1CNC(C)C. The van der Waals surface area contributed by atoms with Crippen LogP contribution >= 0.6 is 0 Å². The maximum atomic E-state index is 3.90. The molecule has 1 N–H and O–H groups in total. The Labute approximate surface area is 121 Å². The van der Waals surface area contributed by atoms with Crippen molar-refractivity contribution in [2.45, 2.75) is 72.8 Å². The number of allylic oxidation sites excluding steroid dienone is 1. The predicted octanol–water partition coefficient (Wildman–Crippen LogP) is 5.03. The van der Waals surface area contributed by atoms with Crippen LogP contribution in [-0.4, -0.2) is 12.6 Å². The summed E-state index contributed by atoms with van der Waals surface area (Å²) in [5.74, 6) is 2.67. The van der Waals surface area contributed by atoms with Crippen molar-refractivity contribution in [3.05, 3.63) is 12.7 Å². The van der Waals surface area contributed by atoms with Crippen LogP contribution in [0.1, 0.15) is 66.7 Å². The first-order valence-electron chi connectivity index (χ1n) is 8.18. The minimum Gasteiger partial charge on any atom is -0.314 e. The fraction of sp³-hybridized carbons (Fsp3) is 0.889. The molecule has 0 heterocycles. The van der Waals surface area contributed by atoms with E-state index in [9.17, 15) is 0 Å². The van der Waals surface area contributed by atoms with Gasteiger partial charge >= 0.3 is 0 Å². The van der Waals surface area contributed by atoms with Crippen LogP contribution in [0, 0.1) is 23.2 Å². The molecule has 0 saturated heterocycles. The molecule has 0 aromatic rings. The summed E-state index contributed by atoms with van der Waals surface area (Å²) in [6.07, 6.45) is 8.84. The third-order valence-electron chi connectivity index (χ3n) is 4.89. The lowest BCUT2D eigenvalue weighted by atomic mass is 9.64. The summed E-state index contributed by atoms with van der Waals surface area (Å²) in [6, 6.07) is 0.611. The maximum Gasteiger partial charge on any atom is 0.00104 e. The lowest BCUT2D eigenvalue weighted by Gasteiger charge is -2.42. The molecule has 0 aromatic heterocycles. The summed E-state index contributed by atoms with van der Waals surface area (Å²) in [6.45, 7) is 16.8. The molecule has 0 aliphatic heterocycles. The average molecular weight is 265 g/mol. The molecule has 0 aromatic carbocycles. The molecule has 0 bridgehead atoms. The van der Waals surface area contributed by atoms with E-state index in [0.29, 0.717) is 11.5 Å². The van der Waals surface area contributed by atoms with Crippen molar-refractivity contribution in [1.29, 1.82) is 0 Å². The second-order valence-corrected chi connectivity index (χ2v) is 7.83. The van der Waals surface area contributed by atoms with Gasteiger partial charge in [-0.1, -0.05) is 40.7 Å². The Bertz CT molecular complexity index is 261. The molecule has 1 heteroatoms. The third kappa shape index (κ3) is 5.69. The predicted molar refractivity (Wildman–Crippen MR) is 86.3 cm³/mol. The molecular formula is C18H35N. The minimum atomic E-state index is 0.475. The van der Waals surface area contributed by atoms with Crippen molar-refractivity contribution in [2.24, 2.45) is 23.2 Å². The standard InChI is InChI=1S/C18H35N/c1-7-8-9-15-12-17(18(4,5)6)11-10-16(15)13-19-14(2)3/h7,14-17,19H,1,8-13H2,2-6H3. The van der Waals surface area contributed by atoms with Crippen LogP contribution in [0.25, 0.3) is 0 Å². The van der Waals surface area contributed by atoms with Gasteiger partial charge in [0.1, 0.15) is 0 Å². The Morgan fingerprint density at radius 2 is 1.89 bits per heavy atom. The van der Waals surface area contributed by atoms with Crippen molar-refractivity contribution >= 4 is 0 Å². The Hall–Kier alpha value is -0.300. The highest BCUT2D eigenvalue weighted by Gasteiger charge is 2.35. The molecule has 1 aliphatic carbocycles. The van der Waals surface area contributed by atoms with Gasteiger partial charge < -0.3 is 5.32 Å². The van der Waals surface area contributed by atoms with Crippen molar-refractivity contribution in [3.8, 4) is 0 Å². The van der Waals surface area contributed by atoms with Crippen molar-refractivity contribution in [1.82, 2.24) is 5.32 Å². The van der Waals surface area contributed by atoms with Crippen molar-refractivity contribution < 1.29 is 0 Å². The summed E-state index contributed by atoms with van der Waals surface area (Å²) in [5.41, 5.74) is 0.475. The molecular weight excluding hydrogens is 230 g/mol. The fourth-order valence-corrected chi connectivity index (χ4v) is 3.45. The Morgan fingerprint density at radius 1 is 1.21 bits per heavy atom. The zero-order chi connectivity index (χ0) is 14.5. The van der Waals surface area contributed by atoms with Gasteiger partial charge in [0, 0.05) is 6.04 Å². The number of nitrogens with one attached hydrogen (secondary N) is 1. The summed E-state index contributed by atoms with van der Waals surface area (Å²) in [5, 5.41) is 3.65. The van der Waals surface area contributed by atoms with E-state index in [1.807, 2.05) is 0 Å². The summed E-state index contributed by atoms with van der Waals surface area (Å²) < 4.78 is 0. The van der Waals surface area contributed by atoms with Crippen LogP contribution in [0.2, 0.25) is 0 Å². The fourth-order valence-electron chi connectivity index (χ4n) is 3.45. The van der Waals surface area contributed by atoms with Crippen molar-refractivity contribution in [2.75, 3.05) is 6.54 Å². The molecule has 0 amide bonds. The van der Waals surface area contributed by atoms with Crippen LogP contribution < -0.4 is 5.32 Å². The first kappa shape index (κ1) is 16.8. The third-order valence-corrected chi connectivity index (χ3v) is 4.89. The van der Waals surface area contributed by atoms with E-state index in [1.165, 1.54) is 38.6 Å². The van der Waals surface area contributed by atoms with E-state index in [0.717, 1.165) is 17.8 Å². The average Bonchev–Trinajstić information content (AvgIpc) is 2.32. The Morgan fingerprint density at radius 3 is 2.42 bits per heavy atom. The quantitative estimate of drug-likeness (QED) is 0.664. The molecule has 1 nitrogen and oxygen atoms in total. The van der Waals surface area contributed by atoms with E-state index >= 15 is 0 Å². The summed E-state index contributed by atoms with van der Waals surface area (Å²) in [7, 11) is 0. The zero-order valence-corrected chi connectivity index (χ0v) is 13.8. The van der Waals surface area contributed by atoms with E-state index in [2.05, 4.69) is 52.6 Å². The lowest BCUT2D eigenvalue weighted by Crippen LogP contribution is -2.38. The smallest absolute Gasteiger partial charge is 0.00104 e. The van der Waals surface area contributed by atoms with Gasteiger partial charge in [-0.3, -0.25) is 0 Å². The Balaban J connectivity index is 2.58. The molecule has 1 rings (SSSR count). The molecule has 112 valence electrons. The zero-order valence-electron chi connectivity index (χ0n) is 13.8. The molecule has 19 heavy (non-hydrogen) atoms. The number of hydrogen-bond donors (Lipinski definition) is 1. The van der Waals surface area contributed by atoms with Crippen LogP contribution in [0.3, 0.4) is 0 Å². The molecule has 0 spiro atoms. The maximum absolute atomic E-state index is 3.90.